The van der Waals surface area contributed by atoms with Gasteiger partial charge in [0.15, 0.2) is 11.5 Å². The Morgan fingerprint density at radius 2 is 1.55 bits per heavy atom. The summed E-state index contributed by atoms with van der Waals surface area (Å²) < 4.78 is 16.2. The van der Waals surface area contributed by atoms with Gasteiger partial charge in [0.1, 0.15) is 10.7 Å². The average Bonchev–Trinajstić information content (AvgIpc) is 2.67. The number of benzene rings is 1. The topological polar surface area (TPSA) is 78.0 Å². The fourth-order valence-corrected chi connectivity index (χ4v) is 3.25. The summed E-state index contributed by atoms with van der Waals surface area (Å²) in [6.07, 6.45) is -0.639. The highest BCUT2D eigenvalue weighted by Gasteiger charge is 2.31. The van der Waals surface area contributed by atoms with Crippen LogP contribution in [0.2, 0.25) is 5.15 Å². The van der Waals surface area contributed by atoms with Crippen molar-refractivity contribution in [3.8, 4) is 17.4 Å². The molecule has 0 aliphatic carbocycles. The van der Waals surface area contributed by atoms with Crippen LogP contribution in [0.4, 0.5) is 4.79 Å². The van der Waals surface area contributed by atoms with E-state index in [4.69, 9.17) is 25.8 Å². The number of ketones is 1. The molecule has 1 amide bonds. The summed E-state index contributed by atoms with van der Waals surface area (Å²) in [4.78, 5) is 31.7. The van der Waals surface area contributed by atoms with Gasteiger partial charge in [-0.25, -0.2) is 4.79 Å². The maximum absolute atomic E-state index is 13.1. The summed E-state index contributed by atoms with van der Waals surface area (Å²) in [6, 6.07) is 8.25. The van der Waals surface area contributed by atoms with Gasteiger partial charge in [0.05, 0.1) is 14.2 Å². The number of carbonyl (C=O) groups is 2. The van der Waals surface area contributed by atoms with Crippen molar-refractivity contribution in [2.75, 3.05) is 14.2 Å². The van der Waals surface area contributed by atoms with Gasteiger partial charge in [-0.2, -0.15) is 4.98 Å². The van der Waals surface area contributed by atoms with Crippen molar-refractivity contribution in [2.24, 2.45) is 0 Å². The van der Waals surface area contributed by atoms with Crippen LogP contribution in [0, 0.1) is 0 Å². The quantitative estimate of drug-likeness (QED) is 0.481. The molecule has 0 atom stereocenters. The van der Waals surface area contributed by atoms with E-state index >= 15 is 0 Å². The Labute approximate surface area is 175 Å². The molecule has 0 unspecified atom stereocenters. The predicted molar refractivity (Wildman–Crippen MR) is 110 cm³/mol. The van der Waals surface area contributed by atoms with E-state index in [9.17, 15) is 9.59 Å². The third-order valence-electron chi connectivity index (χ3n) is 4.21. The molecule has 1 aromatic heterocycles. The number of nitrogens with zero attached hydrogens (tertiary/aromatic N) is 2. The molecule has 0 N–H and O–H groups in total. The highest BCUT2D eigenvalue weighted by molar-refractivity contribution is 6.34. The van der Waals surface area contributed by atoms with Gasteiger partial charge >= 0.3 is 6.09 Å². The summed E-state index contributed by atoms with van der Waals surface area (Å²) >= 11 is 6.30. The van der Waals surface area contributed by atoms with Gasteiger partial charge in [-0.3, -0.25) is 4.79 Å². The van der Waals surface area contributed by atoms with Crippen LogP contribution in [0.5, 0.6) is 17.4 Å². The summed E-state index contributed by atoms with van der Waals surface area (Å²) in [5, 5.41) is -0.153. The number of halogens is 1. The van der Waals surface area contributed by atoms with Crippen molar-refractivity contribution in [3.63, 3.8) is 0 Å². The lowest BCUT2D eigenvalue weighted by Crippen LogP contribution is -2.43. The summed E-state index contributed by atoms with van der Waals surface area (Å²) in [5.74, 6) is -0.565. The fourth-order valence-electron chi connectivity index (χ4n) is 3.00. The first-order chi connectivity index (χ1) is 13.7. The molecule has 2 aromatic rings. The molecule has 0 aliphatic rings. The number of hydrogen-bond donors (Lipinski definition) is 0. The standard InChI is InChI=1S/C21H25ClN2O5/c1-12(2)24(13(3)4)21(26)29-17-15(16(25)14-10-8-7-9-11-14)19(22)23-20(28-6)18(17)27-5/h7-13H,1-6H3. The van der Waals surface area contributed by atoms with Crippen molar-refractivity contribution in [1.29, 1.82) is 0 Å². The SMILES string of the molecule is COc1nc(Cl)c(C(=O)c2ccccc2)c(OC(=O)N(C(C)C)C(C)C)c1OC. The number of methoxy groups -OCH3 is 2. The molecular weight excluding hydrogens is 396 g/mol. The third kappa shape index (κ3) is 4.79. The van der Waals surface area contributed by atoms with Crippen LogP contribution < -0.4 is 14.2 Å². The zero-order valence-electron chi connectivity index (χ0n) is 17.4. The molecule has 1 aromatic carbocycles. The van der Waals surface area contributed by atoms with E-state index in [0.29, 0.717) is 5.56 Å². The minimum Gasteiger partial charge on any atom is -0.489 e. The van der Waals surface area contributed by atoms with Crippen molar-refractivity contribution in [1.82, 2.24) is 9.88 Å². The number of hydrogen-bond acceptors (Lipinski definition) is 6. The monoisotopic (exact) mass is 420 g/mol. The van der Waals surface area contributed by atoms with Gasteiger partial charge in [0, 0.05) is 17.6 Å². The molecule has 0 aliphatic heterocycles. The van der Waals surface area contributed by atoms with Gasteiger partial charge in [-0.15, -0.1) is 0 Å². The Balaban J connectivity index is 2.65. The summed E-state index contributed by atoms with van der Waals surface area (Å²) in [7, 11) is 2.74. The molecule has 0 saturated heterocycles. The largest absolute Gasteiger partial charge is 0.489 e. The van der Waals surface area contributed by atoms with Crippen LogP contribution >= 0.6 is 11.6 Å². The molecule has 0 saturated carbocycles. The normalized spacial score (nSPS) is 10.8. The zero-order valence-corrected chi connectivity index (χ0v) is 18.1. The van der Waals surface area contributed by atoms with E-state index in [-0.39, 0.29) is 40.2 Å². The van der Waals surface area contributed by atoms with E-state index in [2.05, 4.69) is 4.98 Å². The van der Waals surface area contributed by atoms with E-state index < -0.39 is 11.9 Å². The van der Waals surface area contributed by atoms with E-state index in [1.165, 1.54) is 19.1 Å². The molecule has 8 heteroatoms. The van der Waals surface area contributed by atoms with Crippen molar-refractivity contribution in [2.45, 2.75) is 39.8 Å². The number of rotatable bonds is 7. The first-order valence-electron chi connectivity index (χ1n) is 9.14. The first-order valence-corrected chi connectivity index (χ1v) is 9.52. The molecule has 7 nitrogen and oxygen atoms in total. The van der Waals surface area contributed by atoms with Crippen molar-refractivity contribution in [3.05, 3.63) is 46.6 Å². The second-order valence-electron chi connectivity index (χ2n) is 6.81. The number of carbonyl (C=O) groups excluding carboxylic acids is 2. The Morgan fingerprint density at radius 3 is 2.03 bits per heavy atom. The first kappa shape index (κ1) is 22.5. The van der Waals surface area contributed by atoms with E-state index in [1.54, 1.807) is 30.3 Å². The van der Waals surface area contributed by atoms with Gasteiger partial charge in [-0.1, -0.05) is 41.9 Å². The van der Waals surface area contributed by atoms with Crippen LogP contribution in [-0.2, 0) is 0 Å². The number of ether oxygens (including phenoxy) is 3. The van der Waals surface area contributed by atoms with Crippen LogP contribution in [0.25, 0.3) is 0 Å². The molecule has 0 spiro atoms. The summed E-state index contributed by atoms with van der Waals surface area (Å²) in [6.45, 7) is 7.48. The molecule has 156 valence electrons. The molecule has 0 bridgehead atoms. The molecule has 0 radical (unpaired) electrons. The smallest absolute Gasteiger partial charge is 0.415 e. The van der Waals surface area contributed by atoms with Crippen molar-refractivity contribution >= 4 is 23.5 Å². The van der Waals surface area contributed by atoms with Gasteiger partial charge in [0.2, 0.25) is 5.75 Å². The van der Waals surface area contributed by atoms with Crippen LogP contribution in [0.1, 0.15) is 43.6 Å². The number of pyridine rings is 1. The van der Waals surface area contributed by atoms with Crippen molar-refractivity contribution < 1.29 is 23.8 Å². The van der Waals surface area contributed by atoms with Gasteiger partial charge in [0.25, 0.3) is 5.88 Å². The second kappa shape index (κ2) is 9.60. The molecule has 29 heavy (non-hydrogen) atoms. The van der Waals surface area contributed by atoms with E-state index in [0.717, 1.165) is 0 Å². The highest BCUT2D eigenvalue weighted by Crippen LogP contribution is 2.43. The lowest BCUT2D eigenvalue weighted by Gasteiger charge is -2.30. The minimum atomic E-state index is -0.639. The van der Waals surface area contributed by atoms with E-state index in [1.807, 2.05) is 27.7 Å². The Bertz CT molecular complexity index is 876. The number of amides is 1. The van der Waals surface area contributed by atoms with Crippen LogP contribution in [-0.4, -0.2) is 48.1 Å². The van der Waals surface area contributed by atoms with Crippen LogP contribution in [0.15, 0.2) is 30.3 Å². The summed E-state index contributed by atoms with van der Waals surface area (Å²) in [5.41, 5.74) is 0.293. The molecular formula is C21H25ClN2O5. The Hall–Kier alpha value is -2.80. The number of aromatic nitrogens is 1. The molecule has 2 rings (SSSR count). The fraction of sp³-hybridized carbons (Fsp3) is 0.381. The lowest BCUT2D eigenvalue weighted by atomic mass is 10.0. The molecule has 1 heterocycles. The highest BCUT2D eigenvalue weighted by atomic mass is 35.5. The predicted octanol–water partition coefficient (Wildman–Crippen LogP) is 4.60. The lowest BCUT2D eigenvalue weighted by molar-refractivity contribution is 0.102. The third-order valence-corrected chi connectivity index (χ3v) is 4.48. The maximum atomic E-state index is 13.1. The van der Waals surface area contributed by atoms with Crippen LogP contribution in [0.3, 0.4) is 0 Å². The van der Waals surface area contributed by atoms with Gasteiger partial charge in [-0.05, 0) is 27.7 Å². The zero-order chi connectivity index (χ0) is 21.7. The minimum absolute atomic E-state index is 0.00514. The second-order valence-corrected chi connectivity index (χ2v) is 7.17. The van der Waals surface area contributed by atoms with Gasteiger partial charge < -0.3 is 19.1 Å². The molecule has 0 fully saturated rings. The average molecular weight is 421 g/mol. The maximum Gasteiger partial charge on any atom is 0.415 e. The Morgan fingerprint density at radius 1 is 0.966 bits per heavy atom. The Kier molecular flexibility index (Phi) is 7.45.